The Balaban J connectivity index is 2.02. The van der Waals surface area contributed by atoms with Crippen LogP contribution in [0.5, 0.6) is 28.9 Å². The Labute approximate surface area is 184 Å². The summed E-state index contributed by atoms with van der Waals surface area (Å²) < 4.78 is 27.7. The van der Waals surface area contributed by atoms with Crippen LogP contribution < -0.4 is 29.4 Å². The number of H-pyrrole nitrogens is 1. The predicted molar refractivity (Wildman–Crippen MR) is 116 cm³/mol. The monoisotopic (exact) mass is 434 g/mol. The fourth-order valence-corrected chi connectivity index (χ4v) is 3.84. The number of fused-ring (bicyclic) bond motifs is 1. The third-order valence-electron chi connectivity index (χ3n) is 5.36. The SMILES string of the molecule is COc1ccc(OC)c(-c2[nH]nc3c2[C@H](c2cc(OC)ccc2OC)C(C#N)=C(N)O3)c1. The molecule has 0 saturated carbocycles. The molecule has 2 heterocycles. The Morgan fingerprint density at radius 2 is 1.62 bits per heavy atom. The van der Waals surface area contributed by atoms with E-state index in [2.05, 4.69) is 16.3 Å². The summed E-state index contributed by atoms with van der Waals surface area (Å²) in [7, 11) is 6.29. The van der Waals surface area contributed by atoms with E-state index >= 15 is 0 Å². The van der Waals surface area contributed by atoms with Crippen molar-refractivity contribution < 1.29 is 23.7 Å². The second-order valence-electron chi connectivity index (χ2n) is 6.92. The van der Waals surface area contributed by atoms with Gasteiger partial charge in [-0.25, -0.2) is 0 Å². The number of methoxy groups -OCH3 is 4. The summed E-state index contributed by atoms with van der Waals surface area (Å²) >= 11 is 0. The maximum Gasteiger partial charge on any atom is 0.244 e. The fraction of sp³-hybridized carbons (Fsp3) is 0.217. The van der Waals surface area contributed by atoms with E-state index in [9.17, 15) is 5.26 Å². The number of ether oxygens (including phenoxy) is 5. The first-order valence-corrected chi connectivity index (χ1v) is 9.66. The lowest BCUT2D eigenvalue weighted by molar-refractivity contribution is 0.373. The fourth-order valence-electron chi connectivity index (χ4n) is 3.84. The number of allylic oxidation sites excluding steroid dienone is 1. The molecule has 1 aliphatic heterocycles. The molecule has 9 heteroatoms. The molecule has 4 rings (SSSR count). The van der Waals surface area contributed by atoms with Crippen LogP contribution in [-0.4, -0.2) is 38.6 Å². The van der Waals surface area contributed by atoms with E-state index in [1.165, 1.54) is 0 Å². The first kappa shape index (κ1) is 20.9. The van der Waals surface area contributed by atoms with Gasteiger partial charge in [-0.1, -0.05) is 0 Å². The molecule has 3 N–H and O–H groups in total. The van der Waals surface area contributed by atoms with Crippen molar-refractivity contribution in [3.63, 3.8) is 0 Å². The second kappa shape index (κ2) is 8.43. The van der Waals surface area contributed by atoms with Gasteiger partial charge in [-0.15, -0.1) is 5.10 Å². The van der Waals surface area contributed by atoms with E-state index < -0.39 is 5.92 Å². The molecular weight excluding hydrogens is 412 g/mol. The van der Waals surface area contributed by atoms with E-state index in [1.807, 2.05) is 12.1 Å². The largest absolute Gasteiger partial charge is 0.497 e. The molecule has 3 aromatic rings. The Hall–Kier alpha value is -4.32. The second-order valence-corrected chi connectivity index (χ2v) is 6.92. The lowest BCUT2D eigenvalue weighted by Gasteiger charge is -2.26. The average molecular weight is 434 g/mol. The van der Waals surface area contributed by atoms with Gasteiger partial charge in [0, 0.05) is 11.1 Å². The van der Waals surface area contributed by atoms with Crippen molar-refractivity contribution in [1.29, 1.82) is 5.26 Å². The summed E-state index contributed by atoms with van der Waals surface area (Å²) in [4.78, 5) is 0. The molecule has 9 nitrogen and oxygen atoms in total. The quantitative estimate of drug-likeness (QED) is 0.605. The third kappa shape index (κ3) is 3.32. The Morgan fingerprint density at radius 3 is 2.25 bits per heavy atom. The predicted octanol–water partition coefficient (Wildman–Crippen LogP) is 3.33. The summed E-state index contributed by atoms with van der Waals surface area (Å²) in [6.45, 7) is 0. The number of benzene rings is 2. The molecular formula is C23H22N4O5. The number of nitrogens with two attached hydrogens (primary N) is 1. The van der Waals surface area contributed by atoms with Crippen LogP contribution >= 0.6 is 0 Å². The van der Waals surface area contributed by atoms with Crippen molar-refractivity contribution >= 4 is 0 Å². The minimum Gasteiger partial charge on any atom is -0.497 e. The van der Waals surface area contributed by atoms with Gasteiger partial charge in [-0.05, 0) is 36.4 Å². The van der Waals surface area contributed by atoms with Gasteiger partial charge in [-0.3, -0.25) is 5.10 Å². The van der Waals surface area contributed by atoms with E-state index in [4.69, 9.17) is 29.4 Å². The Kier molecular flexibility index (Phi) is 5.52. The zero-order chi connectivity index (χ0) is 22.8. The number of nitrogens with one attached hydrogen (secondary N) is 1. The summed E-state index contributed by atoms with van der Waals surface area (Å²) in [5.41, 5.74) is 8.93. The molecule has 0 spiro atoms. The van der Waals surface area contributed by atoms with E-state index in [0.29, 0.717) is 45.4 Å². The average Bonchev–Trinajstić information content (AvgIpc) is 3.25. The van der Waals surface area contributed by atoms with Gasteiger partial charge in [0.1, 0.15) is 34.6 Å². The van der Waals surface area contributed by atoms with Crippen LogP contribution in [0.25, 0.3) is 11.3 Å². The van der Waals surface area contributed by atoms with Gasteiger partial charge in [0.25, 0.3) is 0 Å². The van der Waals surface area contributed by atoms with Crippen molar-refractivity contribution in [3.05, 3.63) is 59.0 Å². The van der Waals surface area contributed by atoms with Crippen molar-refractivity contribution in [2.75, 3.05) is 28.4 Å². The molecule has 0 bridgehead atoms. The van der Waals surface area contributed by atoms with Crippen molar-refractivity contribution in [1.82, 2.24) is 10.2 Å². The van der Waals surface area contributed by atoms with Crippen molar-refractivity contribution in [2.24, 2.45) is 5.73 Å². The van der Waals surface area contributed by atoms with Gasteiger partial charge in [-0.2, -0.15) is 5.26 Å². The highest BCUT2D eigenvalue weighted by Crippen LogP contribution is 2.50. The highest BCUT2D eigenvalue weighted by atomic mass is 16.5. The topological polar surface area (TPSA) is 125 Å². The van der Waals surface area contributed by atoms with E-state index in [1.54, 1.807) is 52.7 Å². The summed E-state index contributed by atoms with van der Waals surface area (Å²) in [6, 6.07) is 13.0. The highest BCUT2D eigenvalue weighted by molar-refractivity contribution is 5.77. The molecule has 0 amide bonds. The van der Waals surface area contributed by atoms with Crippen LogP contribution in [0.3, 0.4) is 0 Å². The Morgan fingerprint density at radius 1 is 0.969 bits per heavy atom. The molecule has 0 saturated heterocycles. The smallest absolute Gasteiger partial charge is 0.244 e. The van der Waals surface area contributed by atoms with Gasteiger partial charge in [0.05, 0.1) is 45.6 Å². The number of hydrogen-bond acceptors (Lipinski definition) is 8. The highest BCUT2D eigenvalue weighted by Gasteiger charge is 2.38. The maximum atomic E-state index is 9.98. The first-order valence-electron chi connectivity index (χ1n) is 9.66. The number of nitriles is 1. The van der Waals surface area contributed by atoms with Crippen LogP contribution in [-0.2, 0) is 0 Å². The van der Waals surface area contributed by atoms with Gasteiger partial charge < -0.3 is 29.4 Å². The number of rotatable bonds is 6. The molecule has 2 aromatic carbocycles. The lowest BCUT2D eigenvalue weighted by Crippen LogP contribution is -2.21. The van der Waals surface area contributed by atoms with Crippen LogP contribution in [0, 0.1) is 11.3 Å². The number of aromatic nitrogens is 2. The zero-order valence-electron chi connectivity index (χ0n) is 18.1. The summed E-state index contributed by atoms with van der Waals surface area (Å²) in [5, 5.41) is 17.3. The normalized spacial score (nSPS) is 14.8. The molecule has 0 unspecified atom stereocenters. The summed E-state index contributed by atoms with van der Waals surface area (Å²) in [5.74, 6) is 2.00. The van der Waals surface area contributed by atoms with Gasteiger partial charge in [0.15, 0.2) is 0 Å². The summed E-state index contributed by atoms with van der Waals surface area (Å²) in [6.07, 6.45) is 0. The van der Waals surface area contributed by atoms with Gasteiger partial charge in [0.2, 0.25) is 11.8 Å². The molecule has 0 aliphatic carbocycles. The number of nitrogens with zero attached hydrogens (tertiary/aromatic N) is 2. The first-order chi connectivity index (χ1) is 15.6. The van der Waals surface area contributed by atoms with Crippen LogP contribution in [0.15, 0.2) is 47.9 Å². The lowest BCUT2D eigenvalue weighted by atomic mass is 9.82. The maximum absolute atomic E-state index is 9.98. The van der Waals surface area contributed by atoms with E-state index in [-0.39, 0.29) is 17.3 Å². The standard InChI is InChI=1S/C23H22N4O5/c1-28-12-5-7-17(30-3)14(9-12)19-16(11-24)22(25)32-23-20(19)21(26-27-23)15-10-13(29-2)6-8-18(15)31-4/h5-10,19H,25H2,1-4H3,(H,26,27)/t19-/m1/s1. The third-order valence-corrected chi connectivity index (χ3v) is 5.36. The minimum atomic E-state index is -0.626. The van der Waals surface area contributed by atoms with Gasteiger partial charge >= 0.3 is 0 Å². The number of aromatic amines is 1. The van der Waals surface area contributed by atoms with Crippen molar-refractivity contribution in [2.45, 2.75) is 5.92 Å². The molecule has 164 valence electrons. The molecule has 1 aromatic heterocycles. The molecule has 0 radical (unpaired) electrons. The Bertz CT molecular complexity index is 1240. The number of hydrogen-bond donors (Lipinski definition) is 2. The molecule has 0 fully saturated rings. The molecule has 32 heavy (non-hydrogen) atoms. The molecule has 1 atom stereocenters. The molecule has 1 aliphatic rings. The minimum absolute atomic E-state index is 0.0227. The van der Waals surface area contributed by atoms with Crippen LogP contribution in [0.1, 0.15) is 17.0 Å². The van der Waals surface area contributed by atoms with Crippen molar-refractivity contribution in [3.8, 4) is 46.2 Å². The van der Waals surface area contributed by atoms with Crippen LogP contribution in [0.4, 0.5) is 0 Å². The van der Waals surface area contributed by atoms with Crippen LogP contribution in [0.2, 0.25) is 0 Å². The van der Waals surface area contributed by atoms with E-state index in [0.717, 1.165) is 0 Å². The zero-order valence-corrected chi connectivity index (χ0v) is 18.1.